The maximum Gasteiger partial charge on any atom is 0.416 e. The van der Waals surface area contributed by atoms with Gasteiger partial charge in [0.2, 0.25) is 0 Å². The Kier molecular flexibility index (Phi) is 7.69. The lowest BCUT2D eigenvalue weighted by Gasteiger charge is -2.38. The summed E-state index contributed by atoms with van der Waals surface area (Å²) >= 11 is 0. The Morgan fingerprint density at radius 2 is 1.86 bits per heavy atom. The zero-order valence-corrected chi connectivity index (χ0v) is 22.4. The standard InChI is InChI=1S/C27H27F4N9O2/c1-2-34-25(42)39-9-6-26(32,7-10-39)22-13-18(21-14-33-15-36-40(21)22)16-3-4-20(19(28)11-16)37-24(41)38-23-12-17(5-8-35-23)27(29,30)31/h3-5,8,11-15H,2,6-7,9-10,32H2,1H3,(H,34,42)(H2,35,37,38,41). The summed E-state index contributed by atoms with van der Waals surface area (Å²) < 4.78 is 55.6. The normalized spacial score (nSPS) is 15.0. The molecular formula is C27H27F4N9O2. The van der Waals surface area contributed by atoms with Crippen molar-refractivity contribution in [3.05, 3.63) is 72.2 Å². The highest BCUT2D eigenvalue weighted by Gasteiger charge is 2.37. The lowest BCUT2D eigenvalue weighted by atomic mass is 9.85. The third-order valence-corrected chi connectivity index (χ3v) is 7.08. The predicted molar refractivity (Wildman–Crippen MR) is 146 cm³/mol. The number of piperidine rings is 1. The van der Waals surface area contributed by atoms with Crippen LogP contribution in [0.25, 0.3) is 16.6 Å². The second kappa shape index (κ2) is 11.2. The number of hydrogen-bond donors (Lipinski definition) is 4. The summed E-state index contributed by atoms with van der Waals surface area (Å²) in [4.78, 5) is 34.1. The number of nitrogens with one attached hydrogen (secondary N) is 3. The van der Waals surface area contributed by atoms with Gasteiger partial charge < -0.3 is 21.3 Å². The average Bonchev–Trinajstić information content (AvgIpc) is 3.35. The van der Waals surface area contributed by atoms with E-state index in [2.05, 4.69) is 31.0 Å². The molecule has 0 atom stereocenters. The van der Waals surface area contributed by atoms with E-state index in [0.717, 1.165) is 12.3 Å². The number of halogens is 4. The predicted octanol–water partition coefficient (Wildman–Crippen LogP) is 4.57. The number of nitrogens with two attached hydrogens (primary N) is 1. The lowest BCUT2D eigenvalue weighted by Crippen LogP contribution is -2.52. The topological polar surface area (TPSA) is 143 Å². The fraction of sp³-hybridized carbons (Fsp3) is 0.296. The molecule has 5 rings (SSSR count). The van der Waals surface area contributed by atoms with Crippen LogP contribution >= 0.6 is 0 Å². The molecule has 220 valence electrons. The van der Waals surface area contributed by atoms with Gasteiger partial charge in [-0.05, 0) is 55.7 Å². The van der Waals surface area contributed by atoms with E-state index in [9.17, 15) is 22.8 Å². The monoisotopic (exact) mass is 585 g/mol. The molecule has 42 heavy (non-hydrogen) atoms. The first kappa shape index (κ1) is 28.7. The van der Waals surface area contributed by atoms with Gasteiger partial charge in [0.05, 0.1) is 34.2 Å². The van der Waals surface area contributed by atoms with Crippen molar-refractivity contribution >= 4 is 29.1 Å². The molecule has 15 heteroatoms. The van der Waals surface area contributed by atoms with Crippen molar-refractivity contribution in [2.45, 2.75) is 31.5 Å². The van der Waals surface area contributed by atoms with Crippen LogP contribution in [0, 0.1) is 5.82 Å². The lowest BCUT2D eigenvalue weighted by molar-refractivity contribution is -0.137. The minimum Gasteiger partial charge on any atom is -0.338 e. The Hall–Kier alpha value is -4.79. The molecule has 0 aliphatic carbocycles. The first-order chi connectivity index (χ1) is 20.0. The van der Waals surface area contributed by atoms with Crippen LogP contribution in [0.4, 0.5) is 38.7 Å². The Labute approximate surface area is 237 Å². The number of fused-ring (bicyclic) bond motifs is 1. The second-order valence-electron chi connectivity index (χ2n) is 9.83. The molecule has 1 fully saturated rings. The van der Waals surface area contributed by atoms with Gasteiger partial charge in [-0.25, -0.2) is 28.5 Å². The number of hydrogen-bond acceptors (Lipinski definition) is 6. The molecular weight excluding hydrogens is 558 g/mol. The quantitative estimate of drug-likeness (QED) is 0.253. The molecule has 1 aromatic carbocycles. The molecule has 0 radical (unpaired) electrons. The molecule has 0 bridgehead atoms. The Morgan fingerprint density at radius 3 is 2.55 bits per heavy atom. The average molecular weight is 586 g/mol. The van der Waals surface area contributed by atoms with E-state index in [1.54, 1.807) is 21.7 Å². The van der Waals surface area contributed by atoms with Crippen LogP contribution in [0.1, 0.15) is 31.0 Å². The largest absolute Gasteiger partial charge is 0.416 e. The molecule has 1 aliphatic rings. The fourth-order valence-corrected chi connectivity index (χ4v) is 4.89. The second-order valence-corrected chi connectivity index (χ2v) is 9.83. The maximum absolute atomic E-state index is 15.2. The van der Waals surface area contributed by atoms with E-state index in [-0.39, 0.29) is 17.5 Å². The van der Waals surface area contributed by atoms with Gasteiger partial charge in [0, 0.05) is 31.4 Å². The molecule has 5 N–H and O–H groups in total. The third kappa shape index (κ3) is 5.81. The summed E-state index contributed by atoms with van der Waals surface area (Å²) in [7, 11) is 0. The molecule has 1 aliphatic heterocycles. The van der Waals surface area contributed by atoms with Gasteiger partial charge in [0.15, 0.2) is 0 Å². The number of nitrogens with zero attached hydrogens (tertiary/aromatic N) is 5. The van der Waals surface area contributed by atoms with Gasteiger partial charge in [-0.2, -0.15) is 18.3 Å². The van der Waals surface area contributed by atoms with Crippen LogP contribution in [0.3, 0.4) is 0 Å². The number of carbonyl (C=O) groups excluding carboxylic acids is 2. The number of benzene rings is 1. The number of urea groups is 2. The SMILES string of the molecule is CCNC(=O)N1CCC(N)(c2cc(-c3ccc(NC(=O)Nc4cc(C(F)(F)F)ccn4)c(F)c3)c3cncnn23)CC1. The number of amides is 4. The fourth-order valence-electron chi connectivity index (χ4n) is 4.89. The summed E-state index contributed by atoms with van der Waals surface area (Å²) in [6.07, 6.45) is 0.209. The molecule has 1 saturated heterocycles. The molecule has 4 aromatic rings. The van der Waals surface area contributed by atoms with Gasteiger partial charge in [-0.1, -0.05) is 6.07 Å². The first-order valence-corrected chi connectivity index (χ1v) is 13.0. The number of rotatable bonds is 5. The summed E-state index contributed by atoms with van der Waals surface area (Å²) in [6, 6.07) is 6.27. The van der Waals surface area contributed by atoms with E-state index in [1.807, 2.05) is 13.0 Å². The molecule has 3 aromatic heterocycles. The zero-order valence-electron chi connectivity index (χ0n) is 22.4. The van der Waals surface area contributed by atoms with Crippen molar-refractivity contribution in [2.24, 2.45) is 5.73 Å². The van der Waals surface area contributed by atoms with Gasteiger partial charge in [-0.3, -0.25) is 5.32 Å². The smallest absolute Gasteiger partial charge is 0.338 e. The Bertz CT molecular complexity index is 1630. The van der Waals surface area contributed by atoms with Crippen molar-refractivity contribution in [2.75, 3.05) is 30.3 Å². The number of aromatic nitrogens is 4. The summed E-state index contributed by atoms with van der Waals surface area (Å²) in [6.45, 7) is 3.27. The molecule has 11 nitrogen and oxygen atoms in total. The van der Waals surface area contributed by atoms with Crippen molar-refractivity contribution in [1.29, 1.82) is 0 Å². The van der Waals surface area contributed by atoms with Gasteiger partial charge in [0.1, 0.15) is 18.0 Å². The summed E-state index contributed by atoms with van der Waals surface area (Å²) in [5, 5.41) is 11.6. The van der Waals surface area contributed by atoms with Crippen molar-refractivity contribution < 1.29 is 27.2 Å². The molecule has 0 spiro atoms. The number of likely N-dealkylation sites (tertiary alicyclic amines) is 1. The van der Waals surface area contributed by atoms with Crippen molar-refractivity contribution in [1.82, 2.24) is 29.8 Å². The van der Waals surface area contributed by atoms with Crippen LogP contribution < -0.4 is 21.7 Å². The van der Waals surface area contributed by atoms with E-state index in [0.29, 0.717) is 60.9 Å². The summed E-state index contributed by atoms with van der Waals surface area (Å²) in [5.74, 6) is -1.13. The van der Waals surface area contributed by atoms with Crippen LogP contribution in [-0.2, 0) is 11.7 Å². The first-order valence-electron chi connectivity index (χ1n) is 13.0. The van der Waals surface area contributed by atoms with Crippen molar-refractivity contribution in [3.63, 3.8) is 0 Å². The number of carbonyl (C=O) groups is 2. The van der Waals surface area contributed by atoms with Crippen LogP contribution in [0.15, 0.2) is 55.1 Å². The van der Waals surface area contributed by atoms with Crippen LogP contribution in [0.5, 0.6) is 0 Å². The van der Waals surface area contributed by atoms with E-state index in [4.69, 9.17) is 5.73 Å². The number of anilines is 2. The highest BCUT2D eigenvalue weighted by atomic mass is 19.4. The Balaban J connectivity index is 1.36. The zero-order chi connectivity index (χ0) is 30.1. The highest BCUT2D eigenvalue weighted by Crippen LogP contribution is 2.37. The molecule has 4 amide bonds. The van der Waals surface area contributed by atoms with Gasteiger partial charge >= 0.3 is 18.2 Å². The molecule has 4 heterocycles. The molecule has 0 saturated carbocycles. The molecule has 0 unspecified atom stereocenters. The minimum absolute atomic E-state index is 0.147. The van der Waals surface area contributed by atoms with Crippen LogP contribution in [-0.4, -0.2) is 56.2 Å². The highest BCUT2D eigenvalue weighted by molar-refractivity contribution is 5.99. The minimum atomic E-state index is -4.61. The summed E-state index contributed by atoms with van der Waals surface area (Å²) in [5.41, 5.74) is 7.17. The number of alkyl halides is 3. The van der Waals surface area contributed by atoms with Crippen molar-refractivity contribution in [3.8, 4) is 11.1 Å². The maximum atomic E-state index is 15.2. The third-order valence-electron chi connectivity index (χ3n) is 7.08. The van der Waals surface area contributed by atoms with Gasteiger partial charge in [0.25, 0.3) is 0 Å². The van der Waals surface area contributed by atoms with E-state index in [1.165, 1.54) is 18.5 Å². The van der Waals surface area contributed by atoms with Gasteiger partial charge in [-0.15, -0.1) is 0 Å². The van der Waals surface area contributed by atoms with E-state index < -0.39 is 29.1 Å². The Morgan fingerprint density at radius 1 is 1.10 bits per heavy atom. The van der Waals surface area contributed by atoms with E-state index >= 15 is 4.39 Å². The number of pyridine rings is 1. The van der Waals surface area contributed by atoms with Crippen LogP contribution in [0.2, 0.25) is 0 Å².